The number of aliphatic imine (C=N–C) groups is 1. The molecule has 0 radical (unpaired) electrons. The minimum Gasteiger partial charge on any atom is -0.370 e. The van der Waals surface area contributed by atoms with Crippen LogP contribution in [0.5, 0.6) is 0 Å². The number of nitrogens with two attached hydrogens (primary N) is 1. The summed E-state index contributed by atoms with van der Waals surface area (Å²) in [7, 11) is 2.04. The maximum atomic E-state index is 5.91. The first-order valence-electron chi connectivity index (χ1n) is 6.34. The summed E-state index contributed by atoms with van der Waals surface area (Å²) in [6.45, 7) is 0.817. The lowest BCUT2D eigenvalue weighted by Crippen LogP contribution is -2.35. The Morgan fingerprint density at radius 1 is 1.35 bits per heavy atom. The van der Waals surface area contributed by atoms with Crippen molar-refractivity contribution in [1.29, 1.82) is 0 Å². The lowest BCUT2D eigenvalue weighted by atomic mass is 10.1. The quantitative estimate of drug-likeness (QED) is 0.478. The van der Waals surface area contributed by atoms with E-state index in [-0.39, 0.29) is 0 Å². The number of hydrogen-bond donors (Lipinski definition) is 1. The Labute approximate surface area is 103 Å². The normalized spacial score (nSPS) is 15.9. The molecule has 1 saturated carbocycles. The van der Waals surface area contributed by atoms with E-state index in [1.165, 1.54) is 18.4 Å². The Morgan fingerprint density at radius 2 is 2.06 bits per heavy atom. The van der Waals surface area contributed by atoms with Crippen LogP contribution in [0.2, 0.25) is 0 Å². The predicted molar refractivity (Wildman–Crippen MR) is 72.0 cm³/mol. The lowest BCUT2D eigenvalue weighted by Gasteiger charge is -2.16. The van der Waals surface area contributed by atoms with Crippen molar-refractivity contribution < 1.29 is 0 Å². The number of rotatable bonds is 5. The summed E-state index contributed by atoms with van der Waals surface area (Å²) in [5.41, 5.74) is 7.29. The second kappa shape index (κ2) is 5.71. The van der Waals surface area contributed by atoms with Gasteiger partial charge in [-0.05, 0) is 31.2 Å². The van der Waals surface area contributed by atoms with Gasteiger partial charge in [0, 0.05) is 19.6 Å². The average molecular weight is 231 g/mol. The van der Waals surface area contributed by atoms with Gasteiger partial charge >= 0.3 is 0 Å². The zero-order valence-electron chi connectivity index (χ0n) is 10.5. The molecule has 1 fully saturated rings. The summed E-state index contributed by atoms with van der Waals surface area (Å²) in [6, 6.07) is 11.2. The zero-order chi connectivity index (χ0) is 12.1. The van der Waals surface area contributed by atoms with E-state index < -0.39 is 0 Å². The average Bonchev–Trinajstić information content (AvgIpc) is 3.19. The minimum absolute atomic E-state index is 0.646. The molecule has 1 aromatic carbocycles. The molecule has 0 unspecified atom stereocenters. The van der Waals surface area contributed by atoms with Crippen molar-refractivity contribution in [3.63, 3.8) is 0 Å². The van der Waals surface area contributed by atoms with Gasteiger partial charge in [0.15, 0.2) is 5.96 Å². The molecule has 0 atom stereocenters. The molecule has 0 spiro atoms. The molecule has 1 aliphatic carbocycles. The third-order valence-corrected chi connectivity index (χ3v) is 3.20. The molecule has 0 aromatic heterocycles. The molecule has 92 valence electrons. The molecule has 0 saturated heterocycles. The highest BCUT2D eigenvalue weighted by Crippen LogP contribution is 2.24. The van der Waals surface area contributed by atoms with E-state index in [1.54, 1.807) is 0 Å². The fourth-order valence-electron chi connectivity index (χ4n) is 1.88. The van der Waals surface area contributed by atoms with Crippen LogP contribution in [-0.4, -0.2) is 30.5 Å². The molecule has 3 heteroatoms. The summed E-state index contributed by atoms with van der Waals surface area (Å²) in [5.74, 6) is 0.695. The number of nitrogens with zero attached hydrogens (tertiary/aromatic N) is 2. The molecule has 0 heterocycles. The first-order chi connectivity index (χ1) is 8.27. The van der Waals surface area contributed by atoms with Crippen LogP contribution in [-0.2, 0) is 6.42 Å². The van der Waals surface area contributed by atoms with Gasteiger partial charge < -0.3 is 10.6 Å². The van der Waals surface area contributed by atoms with Crippen molar-refractivity contribution in [1.82, 2.24) is 4.90 Å². The van der Waals surface area contributed by atoms with E-state index in [1.807, 2.05) is 13.1 Å². The van der Waals surface area contributed by atoms with Crippen LogP contribution < -0.4 is 5.73 Å². The van der Waals surface area contributed by atoms with Crippen molar-refractivity contribution in [2.75, 3.05) is 13.6 Å². The van der Waals surface area contributed by atoms with Crippen LogP contribution in [0, 0.1) is 0 Å². The standard InChI is InChI=1S/C14H21N3/c1-17(13-9-10-13)14(15)16-11-5-8-12-6-3-2-4-7-12/h2-4,6-7,13H,5,8-11H2,1H3,(H2,15,16). The molecule has 0 bridgehead atoms. The molecule has 3 nitrogen and oxygen atoms in total. The van der Waals surface area contributed by atoms with Crippen molar-refractivity contribution in [2.45, 2.75) is 31.7 Å². The van der Waals surface area contributed by atoms with Crippen molar-refractivity contribution in [3.05, 3.63) is 35.9 Å². The van der Waals surface area contributed by atoms with E-state index in [4.69, 9.17) is 5.73 Å². The molecule has 1 aromatic rings. The second-order valence-corrected chi connectivity index (χ2v) is 4.67. The number of hydrogen-bond acceptors (Lipinski definition) is 1. The monoisotopic (exact) mass is 231 g/mol. The molecular weight excluding hydrogens is 210 g/mol. The van der Waals surface area contributed by atoms with E-state index in [2.05, 4.69) is 34.2 Å². The van der Waals surface area contributed by atoms with Crippen LogP contribution >= 0.6 is 0 Å². The molecule has 0 amide bonds. The maximum Gasteiger partial charge on any atom is 0.191 e. The van der Waals surface area contributed by atoms with Crippen LogP contribution in [0.4, 0.5) is 0 Å². The van der Waals surface area contributed by atoms with E-state index in [0.29, 0.717) is 12.0 Å². The van der Waals surface area contributed by atoms with Crippen LogP contribution in [0.15, 0.2) is 35.3 Å². The summed E-state index contributed by atoms with van der Waals surface area (Å²) in [5, 5.41) is 0. The molecular formula is C14H21N3. The number of aryl methyl sites for hydroxylation is 1. The summed E-state index contributed by atoms with van der Waals surface area (Å²) in [6.07, 6.45) is 4.65. The molecule has 1 aliphatic rings. The first-order valence-corrected chi connectivity index (χ1v) is 6.34. The largest absolute Gasteiger partial charge is 0.370 e. The maximum absolute atomic E-state index is 5.91. The predicted octanol–water partition coefficient (Wildman–Crippen LogP) is 2.03. The topological polar surface area (TPSA) is 41.6 Å². The number of benzene rings is 1. The van der Waals surface area contributed by atoms with Crippen LogP contribution in [0.25, 0.3) is 0 Å². The van der Waals surface area contributed by atoms with E-state index >= 15 is 0 Å². The van der Waals surface area contributed by atoms with Gasteiger partial charge in [0.25, 0.3) is 0 Å². The van der Waals surface area contributed by atoms with Gasteiger partial charge in [-0.3, -0.25) is 4.99 Å². The van der Waals surface area contributed by atoms with Crippen molar-refractivity contribution >= 4 is 5.96 Å². The van der Waals surface area contributed by atoms with Crippen molar-refractivity contribution in [2.24, 2.45) is 10.7 Å². The number of guanidine groups is 1. The Kier molecular flexibility index (Phi) is 4.02. The summed E-state index contributed by atoms with van der Waals surface area (Å²) < 4.78 is 0. The highest BCUT2D eigenvalue weighted by atomic mass is 15.3. The zero-order valence-corrected chi connectivity index (χ0v) is 10.5. The summed E-state index contributed by atoms with van der Waals surface area (Å²) in [4.78, 5) is 6.52. The lowest BCUT2D eigenvalue weighted by molar-refractivity contribution is 0.487. The van der Waals surface area contributed by atoms with Gasteiger partial charge in [0.05, 0.1) is 0 Å². The smallest absolute Gasteiger partial charge is 0.191 e. The highest BCUT2D eigenvalue weighted by Gasteiger charge is 2.27. The molecule has 0 aliphatic heterocycles. The van der Waals surface area contributed by atoms with Crippen LogP contribution in [0.3, 0.4) is 0 Å². The fraction of sp³-hybridized carbons (Fsp3) is 0.500. The first kappa shape index (κ1) is 12.0. The van der Waals surface area contributed by atoms with Crippen molar-refractivity contribution in [3.8, 4) is 0 Å². The SMILES string of the molecule is CN(C(N)=NCCCc1ccccc1)C1CC1. The van der Waals surface area contributed by atoms with Gasteiger partial charge in [-0.25, -0.2) is 0 Å². The van der Waals surface area contributed by atoms with Gasteiger partial charge in [-0.2, -0.15) is 0 Å². The van der Waals surface area contributed by atoms with Gasteiger partial charge in [0.2, 0.25) is 0 Å². The van der Waals surface area contributed by atoms with E-state index in [9.17, 15) is 0 Å². The molecule has 17 heavy (non-hydrogen) atoms. The Morgan fingerprint density at radius 3 is 2.71 bits per heavy atom. The Bertz CT molecular complexity index is 368. The minimum atomic E-state index is 0.646. The van der Waals surface area contributed by atoms with Crippen LogP contribution in [0.1, 0.15) is 24.8 Å². The molecule has 2 rings (SSSR count). The second-order valence-electron chi connectivity index (χ2n) is 4.67. The van der Waals surface area contributed by atoms with Gasteiger partial charge in [-0.1, -0.05) is 30.3 Å². The third kappa shape index (κ3) is 3.77. The van der Waals surface area contributed by atoms with Gasteiger partial charge in [0.1, 0.15) is 0 Å². The Hall–Kier alpha value is -1.51. The summed E-state index contributed by atoms with van der Waals surface area (Å²) >= 11 is 0. The third-order valence-electron chi connectivity index (χ3n) is 3.20. The Balaban J connectivity index is 1.70. The highest BCUT2D eigenvalue weighted by molar-refractivity contribution is 5.78. The van der Waals surface area contributed by atoms with E-state index in [0.717, 1.165) is 19.4 Å². The molecule has 2 N–H and O–H groups in total. The van der Waals surface area contributed by atoms with Gasteiger partial charge in [-0.15, -0.1) is 0 Å². The fourth-order valence-corrected chi connectivity index (χ4v) is 1.88.